The highest BCUT2D eigenvalue weighted by molar-refractivity contribution is 5.82. The van der Waals surface area contributed by atoms with E-state index in [0.29, 0.717) is 0 Å². The lowest BCUT2D eigenvalue weighted by Gasteiger charge is -2.11. The number of primary amides is 1. The molecule has 6 nitrogen and oxygen atoms in total. The monoisotopic (exact) mass is 162 g/mol. The van der Waals surface area contributed by atoms with Crippen LogP contribution in [0.15, 0.2) is 0 Å². The molecular formula is C5H10N2O4. The number of rotatable bonds is 3. The maximum atomic E-state index is 10.5. The summed E-state index contributed by atoms with van der Waals surface area (Å²) in [6.07, 6.45) is -1.90. The van der Waals surface area contributed by atoms with E-state index in [-0.39, 0.29) is 0 Å². The third-order valence-corrected chi connectivity index (χ3v) is 0.928. The Hall–Kier alpha value is -1.30. The molecule has 0 aromatic carbocycles. The van der Waals surface area contributed by atoms with E-state index in [1.165, 1.54) is 14.2 Å². The van der Waals surface area contributed by atoms with E-state index in [2.05, 4.69) is 14.8 Å². The van der Waals surface area contributed by atoms with Crippen molar-refractivity contribution in [3.63, 3.8) is 0 Å². The van der Waals surface area contributed by atoms with E-state index in [4.69, 9.17) is 5.73 Å². The molecule has 0 aromatic heterocycles. The molecule has 0 aliphatic carbocycles. The Morgan fingerprint density at radius 1 is 1.45 bits per heavy atom. The van der Waals surface area contributed by atoms with Crippen molar-refractivity contribution in [1.82, 2.24) is 5.32 Å². The molecular weight excluding hydrogens is 152 g/mol. The van der Waals surface area contributed by atoms with E-state index in [0.717, 1.165) is 0 Å². The van der Waals surface area contributed by atoms with Gasteiger partial charge < -0.3 is 15.2 Å². The molecule has 0 aromatic rings. The fourth-order valence-electron chi connectivity index (χ4n) is 0.412. The van der Waals surface area contributed by atoms with Gasteiger partial charge in [-0.05, 0) is 0 Å². The first-order valence-corrected chi connectivity index (χ1v) is 2.78. The number of carbonyl (C=O) groups excluding carboxylic acids is 2. The zero-order valence-corrected chi connectivity index (χ0v) is 6.29. The Morgan fingerprint density at radius 2 is 2.00 bits per heavy atom. The summed E-state index contributed by atoms with van der Waals surface area (Å²) in [4.78, 5) is 20.9. The number of methoxy groups -OCH3 is 2. The molecule has 0 bridgehead atoms. The molecule has 6 heteroatoms. The first kappa shape index (κ1) is 9.70. The Balaban J connectivity index is 3.88. The summed E-state index contributed by atoms with van der Waals surface area (Å²) in [5.41, 5.74) is 4.82. The van der Waals surface area contributed by atoms with Crippen LogP contribution in [0.5, 0.6) is 0 Å². The van der Waals surface area contributed by atoms with Gasteiger partial charge in [0.1, 0.15) is 0 Å². The van der Waals surface area contributed by atoms with Crippen molar-refractivity contribution in [3.8, 4) is 0 Å². The summed E-state index contributed by atoms with van der Waals surface area (Å²) < 4.78 is 8.69. The van der Waals surface area contributed by atoms with E-state index >= 15 is 0 Å². The molecule has 1 unspecified atom stereocenters. The Morgan fingerprint density at radius 3 is 2.27 bits per heavy atom. The smallest absolute Gasteiger partial charge is 0.409 e. The zero-order chi connectivity index (χ0) is 8.85. The molecule has 0 radical (unpaired) electrons. The van der Waals surface area contributed by atoms with Gasteiger partial charge in [-0.2, -0.15) is 0 Å². The van der Waals surface area contributed by atoms with Gasteiger partial charge >= 0.3 is 6.09 Å². The average molecular weight is 162 g/mol. The number of nitrogens with two attached hydrogens (primary N) is 1. The van der Waals surface area contributed by atoms with E-state index in [1.54, 1.807) is 0 Å². The normalized spacial score (nSPS) is 11.8. The second-order valence-electron chi connectivity index (χ2n) is 1.65. The molecule has 0 saturated heterocycles. The molecule has 11 heavy (non-hydrogen) atoms. The van der Waals surface area contributed by atoms with Crippen molar-refractivity contribution >= 4 is 12.0 Å². The van der Waals surface area contributed by atoms with Gasteiger partial charge in [0, 0.05) is 7.11 Å². The standard InChI is InChI=1S/C5H10N2O4/c1-10-4(3(6)8)7-5(9)11-2/h4H,1-2H3,(H2,6,8)(H,7,9). The number of alkyl carbamates (subject to hydrolysis) is 1. The third kappa shape index (κ3) is 3.41. The van der Waals surface area contributed by atoms with Gasteiger partial charge in [0.2, 0.25) is 6.23 Å². The van der Waals surface area contributed by atoms with Crippen molar-refractivity contribution in [2.75, 3.05) is 14.2 Å². The molecule has 1 atom stereocenters. The van der Waals surface area contributed by atoms with Gasteiger partial charge in [-0.3, -0.25) is 10.1 Å². The minimum atomic E-state index is -1.14. The Kier molecular flexibility index (Phi) is 3.97. The summed E-state index contributed by atoms with van der Waals surface area (Å²) in [7, 11) is 2.41. The molecule has 0 spiro atoms. The van der Waals surface area contributed by atoms with Crippen molar-refractivity contribution in [1.29, 1.82) is 0 Å². The minimum Gasteiger partial charge on any atom is -0.453 e. The quantitative estimate of drug-likeness (QED) is 0.510. The lowest BCUT2D eigenvalue weighted by Crippen LogP contribution is -2.45. The number of ether oxygens (including phenoxy) is 2. The van der Waals surface area contributed by atoms with E-state index < -0.39 is 18.2 Å². The molecule has 0 aliphatic heterocycles. The van der Waals surface area contributed by atoms with Gasteiger partial charge in [0.15, 0.2) is 0 Å². The maximum absolute atomic E-state index is 10.5. The average Bonchev–Trinajstić information content (AvgIpc) is 1.99. The fourth-order valence-corrected chi connectivity index (χ4v) is 0.412. The van der Waals surface area contributed by atoms with Gasteiger partial charge in [-0.25, -0.2) is 4.79 Å². The van der Waals surface area contributed by atoms with Crippen molar-refractivity contribution in [2.45, 2.75) is 6.23 Å². The third-order valence-electron chi connectivity index (χ3n) is 0.928. The van der Waals surface area contributed by atoms with Crippen LogP contribution in [0.4, 0.5) is 4.79 Å². The maximum Gasteiger partial charge on any atom is 0.409 e. The Labute approximate surface area is 63.6 Å². The van der Waals surface area contributed by atoms with Crippen LogP contribution >= 0.6 is 0 Å². The molecule has 64 valence electrons. The molecule has 0 saturated carbocycles. The van der Waals surface area contributed by atoms with Crippen LogP contribution in [0.25, 0.3) is 0 Å². The highest BCUT2D eigenvalue weighted by atomic mass is 16.6. The second kappa shape index (κ2) is 4.51. The number of nitrogens with one attached hydrogen (secondary N) is 1. The van der Waals surface area contributed by atoms with Gasteiger partial charge in [-0.1, -0.05) is 0 Å². The Bertz CT molecular complexity index is 159. The molecule has 0 rings (SSSR count). The molecule has 2 amide bonds. The second-order valence-corrected chi connectivity index (χ2v) is 1.65. The minimum absolute atomic E-state index is 0.768. The van der Waals surface area contributed by atoms with Crippen LogP contribution < -0.4 is 11.1 Å². The topological polar surface area (TPSA) is 90.7 Å². The molecule has 0 heterocycles. The fraction of sp³-hybridized carbons (Fsp3) is 0.600. The lowest BCUT2D eigenvalue weighted by molar-refractivity contribution is -0.129. The largest absolute Gasteiger partial charge is 0.453 e. The number of carbonyl (C=O) groups is 2. The van der Waals surface area contributed by atoms with Gasteiger partial charge in [-0.15, -0.1) is 0 Å². The van der Waals surface area contributed by atoms with E-state index in [1.807, 2.05) is 0 Å². The predicted octanol–water partition coefficient (Wildman–Crippen LogP) is -1.20. The van der Waals surface area contributed by atoms with Crippen LogP contribution in [0.2, 0.25) is 0 Å². The van der Waals surface area contributed by atoms with Crippen LogP contribution in [-0.4, -0.2) is 32.4 Å². The number of hydrogen-bond acceptors (Lipinski definition) is 4. The zero-order valence-electron chi connectivity index (χ0n) is 6.29. The highest BCUT2D eigenvalue weighted by Crippen LogP contribution is 1.83. The summed E-state index contributed by atoms with van der Waals surface area (Å²) in [5.74, 6) is -0.780. The molecule has 0 aliphatic rings. The molecule has 0 fully saturated rings. The lowest BCUT2D eigenvalue weighted by atomic mass is 10.5. The van der Waals surface area contributed by atoms with Crippen LogP contribution in [0.1, 0.15) is 0 Å². The number of hydrogen-bond donors (Lipinski definition) is 2. The van der Waals surface area contributed by atoms with Crippen LogP contribution in [0.3, 0.4) is 0 Å². The summed E-state index contributed by atoms with van der Waals surface area (Å²) in [6, 6.07) is 0. The van der Waals surface area contributed by atoms with Crippen molar-refractivity contribution in [3.05, 3.63) is 0 Å². The first-order valence-electron chi connectivity index (χ1n) is 2.78. The number of amides is 2. The summed E-state index contributed by atoms with van der Waals surface area (Å²) in [5, 5.41) is 2.06. The predicted molar refractivity (Wildman–Crippen MR) is 35.5 cm³/mol. The van der Waals surface area contributed by atoms with E-state index in [9.17, 15) is 9.59 Å². The summed E-state index contributed by atoms with van der Waals surface area (Å²) >= 11 is 0. The van der Waals surface area contributed by atoms with Crippen molar-refractivity contribution in [2.24, 2.45) is 5.73 Å². The van der Waals surface area contributed by atoms with Crippen LogP contribution in [-0.2, 0) is 14.3 Å². The van der Waals surface area contributed by atoms with Gasteiger partial charge in [0.05, 0.1) is 7.11 Å². The SMILES string of the molecule is COC(=O)NC(OC)C(N)=O. The van der Waals surface area contributed by atoms with Crippen LogP contribution in [0, 0.1) is 0 Å². The summed E-state index contributed by atoms with van der Waals surface area (Å²) in [6.45, 7) is 0. The first-order chi connectivity index (χ1) is 5.11. The van der Waals surface area contributed by atoms with Gasteiger partial charge in [0.25, 0.3) is 5.91 Å². The highest BCUT2D eigenvalue weighted by Gasteiger charge is 2.16. The van der Waals surface area contributed by atoms with Crippen molar-refractivity contribution < 1.29 is 19.1 Å². The molecule has 3 N–H and O–H groups in total.